The van der Waals surface area contributed by atoms with E-state index in [0.29, 0.717) is 0 Å². The van der Waals surface area contributed by atoms with Crippen molar-refractivity contribution in [2.45, 2.75) is 12.5 Å². The molecule has 0 saturated carbocycles. The molecule has 1 aromatic heterocycles. The Balaban J connectivity index is 0. The van der Waals surface area contributed by atoms with Crippen molar-refractivity contribution in [2.75, 3.05) is 0 Å². The van der Waals surface area contributed by atoms with Gasteiger partial charge in [0, 0.05) is 18.4 Å². The number of carboxylic acid groups (broad SMARTS) is 1. The fourth-order valence-electron chi connectivity index (χ4n) is 0.901. The summed E-state index contributed by atoms with van der Waals surface area (Å²) in [5.41, 5.74) is 6.33. The summed E-state index contributed by atoms with van der Waals surface area (Å²) in [7, 11) is 0. The lowest BCUT2D eigenvalue weighted by atomic mass is 10.1. The number of aromatic nitrogens is 1. The van der Waals surface area contributed by atoms with E-state index >= 15 is 0 Å². The first-order valence-electron chi connectivity index (χ1n) is 3.57. The molecule has 1 atom stereocenters. The number of nitrogens with two attached hydrogens (primary N) is 1. The van der Waals surface area contributed by atoms with E-state index in [0.717, 1.165) is 5.56 Å². The highest BCUT2D eigenvalue weighted by atomic mass is 35.5. The van der Waals surface area contributed by atoms with Gasteiger partial charge in [-0.25, -0.2) is 0 Å². The number of rotatable bonds is 3. The average molecular weight is 239 g/mol. The van der Waals surface area contributed by atoms with Crippen molar-refractivity contribution in [3.05, 3.63) is 30.1 Å². The van der Waals surface area contributed by atoms with Gasteiger partial charge in [0.2, 0.25) is 0 Å². The highest BCUT2D eigenvalue weighted by Crippen LogP contribution is 2.11. The van der Waals surface area contributed by atoms with Crippen LogP contribution in [0.3, 0.4) is 0 Å². The van der Waals surface area contributed by atoms with Crippen LogP contribution >= 0.6 is 24.8 Å². The molecule has 6 heteroatoms. The normalized spacial score (nSPS) is 10.6. The van der Waals surface area contributed by atoms with Gasteiger partial charge in [0.15, 0.2) is 0 Å². The molecule has 14 heavy (non-hydrogen) atoms. The van der Waals surface area contributed by atoms with Gasteiger partial charge in [-0.05, 0) is 11.6 Å². The zero-order valence-electron chi connectivity index (χ0n) is 7.29. The summed E-state index contributed by atoms with van der Waals surface area (Å²) in [6, 6.07) is 3.04. The van der Waals surface area contributed by atoms with E-state index in [2.05, 4.69) is 4.98 Å². The van der Waals surface area contributed by atoms with Gasteiger partial charge >= 0.3 is 5.97 Å². The Morgan fingerprint density at radius 1 is 1.57 bits per heavy atom. The van der Waals surface area contributed by atoms with Crippen LogP contribution in [0, 0.1) is 0 Å². The smallest absolute Gasteiger partial charge is 0.305 e. The van der Waals surface area contributed by atoms with Crippen LogP contribution in [-0.4, -0.2) is 16.1 Å². The molecule has 0 aliphatic heterocycles. The number of carboxylic acids is 1. The predicted molar refractivity (Wildman–Crippen MR) is 57.9 cm³/mol. The van der Waals surface area contributed by atoms with Gasteiger partial charge in [-0.3, -0.25) is 9.78 Å². The van der Waals surface area contributed by atoms with Crippen molar-refractivity contribution in [3.63, 3.8) is 0 Å². The lowest BCUT2D eigenvalue weighted by Gasteiger charge is -2.07. The predicted octanol–water partition coefficient (Wildman–Crippen LogP) is 1.40. The number of nitrogens with zero attached hydrogens (tertiary/aromatic N) is 1. The summed E-state index contributed by atoms with van der Waals surface area (Å²) < 4.78 is 0. The summed E-state index contributed by atoms with van der Waals surface area (Å²) in [5.74, 6) is -0.897. The van der Waals surface area contributed by atoms with E-state index in [1.165, 1.54) is 0 Å². The average Bonchev–Trinajstić information content (AvgIpc) is 2.05. The number of halogens is 2. The first-order valence-corrected chi connectivity index (χ1v) is 3.57. The van der Waals surface area contributed by atoms with Crippen LogP contribution < -0.4 is 5.73 Å². The third-order valence-electron chi connectivity index (χ3n) is 1.51. The topological polar surface area (TPSA) is 76.2 Å². The summed E-state index contributed by atoms with van der Waals surface area (Å²) >= 11 is 0. The molecule has 0 radical (unpaired) electrons. The summed E-state index contributed by atoms with van der Waals surface area (Å²) in [6.07, 6.45) is 3.14. The van der Waals surface area contributed by atoms with Crippen LogP contribution in [0.4, 0.5) is 0 Å². The lowest BCUT2D eigenvalue weighted by molar-refractivity contribution is -0.137. The zero-order valence-corrected chi connectivity index (χ0v) is 8.92. The fourth-order valence-corrected chi connectivity index (χ4v) is 0.901. The zero-order chi connectivity index (χ0) is 8.97. The first-order chi connectivity index (χ1) is 5.70. The maximum Gasteiger partial charge on any atom is 0.305 e. The third kappa shape index (κ3) is 5.01. The minimum absolute atomic E-state index is 0. The van der Waals surface area contributed by atoms with Crippen molar-refractivity contribution in [3.8, 4) is 0 Å². The van der Waals surface area contributed by atoms with Crippen LogP contribution in [-0.2, 0) is 4.79 Å². The van der Waals surface area contributed by atoms with Gasteiger partial charge in [-0.2, -0.15) is 0 Å². The van der Waals surface area contributed by atoms with Gasteiger partial charge in [-0.1, -0.05) is 6.07 Å². The largest absolute Gasteiger partial charge is 0.481 e. The Hall–Kier alpha value is -0.840. The van der Waals surface area contributed by atoms with Gasteiger partial charge in [0.05, 0.1) is 6.42 Å². The molecule has 0 saturated heterocycles. The molecule has 0 aromatic carbocycles. The molecule has 3 N–H and O–H groups in total. The van der Waals surface area contributed by atoms with Crippen LogP contribution in [0.2, 0.25) is 0 Å². The van der Waals surface area contributed by atoms with Crippen molar-refractivity contribution < 1.29 is 9.90 Å². The van der Waals surface area contributed by atoms with E-state index < -0.39 is 12.0 Å². The second kappa shape index (κ2) is 7.55. The number of hydrogen-bond donors (Lipinski definition) is 2. The highest BCUT2D eigenvalue weighted by Gasteiger charge is 2.09. The van der Waals surface area contributed by atoms with Gasteiger partial charge in [0.25, 0.3) is 0 Å². The second-order valence-electron chi connectivity index (χ2n) is 2.49. The second-order valence-corrected chi connectivity index (χ2v) is 2.49. The van der Waals surface area contributed by atoms with E-state index in [9.17, 15) is 4.79 Å². The Morgan fingerprint density at radius 3 is 2.64 bits per heavy atom. The molecule has 80 valence electrons. The molecule has 0 aliphatic rings. The van der Waals surface area contributed by atoms with E-state index in [1.807, 2.05) is 0 Å². The summed E-state index contributed by atoms with van der Waals surface area (Å²) in [6.45, 7) is 0. The molecule has 4 nitrogen and oxygen atoms in total. The SMILES string of the molecule is Cl.Cl.NC(CC(=O)O)c1cccnc1. The third-order valence-corrected chi connectivity index (χ3v) is 1.51. The Morgan fingerprint density at radius 2 is 2.21 bits per heavy atom. The first kappa shape index (κ1) is 15.6. The number of pyridine rings is 1. The van der Waals surface area contributed by atoms with Crippen molar-refractivity contribution >= 4 is 30.8 Å². The van der Waals surface area contributed by atoms with E-state index in [4.69, 9.17) is 10.8 Å². The molecule has 0 fully saturated rings. The lowest BCUT2D eigenvalue weighted by Crippen LogP contribution is -2.14. The van der Waals surface area contributed by atoms with Crippen molar-refractivity contribution in [1.29, 1.82) is 0 Å². The van der Waals surface area contributed by atoms with Crippen molar-refractivity contribution in [1.82, 2.24) is 4.98 Å². The van der Waals surface area contributed by atoms with E-state index in [-0.39, 0.29) is 31.2 Å². The van der Waals surface area contributed by atoms with Crippen LogP contribution in [0.5, 0.6) is 0 Å². The monoisotopic (exact) mass is 238 g/mol. The molecule has 0 aliphatic carbocycles. The maximum atomic E-state index is 10.3. The molecule has 1 rings (SSSR count). The number of aliphatic carboxylic acids is 1. The molecular weight excluding hydrogens is 227 g/mol. The quantitative estimate of drug-likeness (QED) is 0.835. The minimum Gasteiger partial charge on any atom is -0.481 e. The Bertz CT molecular complexity index is 269. The standard InChI is InChI=1S/C8H10N2O2.2ClH/c9-7(4-8(11)12)6-2-1-3-10-5-6;;/h1-3,5,7H,4,9H2,(H,11,12);2*1H. The van der Waals surface area contributed by atoms with Crippen molar-refractivity contribution in [2.24, 2.45) is 5.73 Å². The number of carbonyl (C=O) groups is 1. The maximum absolute atomic E-state index is 10.3. The summed E-state index contributed by atoms with van der Waals surface area (Å²) in [4.78, 5) is 14.1. The van der Waals surface area contributed by atoms with Crippen LogP contribution in [0.25, 0.3) is 0 Å². The molecule has 1 aromatic rings. The minimum atomic E-state index is -0.897. The number of hydrogen-bond acceptors (Lipinski definition) is 3. The van der Waals surface area contributed by atoms with Gasteiger partial charge in [-0.15, -0.1) is 24.8 Å². The Labute approximate surface area is 94.3 Å². The Kier molecular flexibility index (Phi) is 8.43. The van der Waals surface area contributed by atoms with Crippen LogP contribution in [0.15, 0.2) is 24.5 Å². The van der Waals surface area contributed by atoms with Crippen LogP contribution in [0.1, 0.15) is 18.0 Å². The molecule has 0 amide bonds. The fraction of sp³-hybridized carbons (Fsp3) is 0.250. The summed E-state index contributed by atoms with van der Waals surface area (Å²) in [5, 5.41) is 8.44. The highest BCUT2D eigenvalue weighted by molar-refractivity contribution is 5.85. The molecule has 0 bridgehead atoms. The van der Waals surface area contributed by atoms with Gasteiger partial charge < -0.3 is 10.8 Å². The molecular formula is C8H12Cl2N2O2. The van der Waals surface area contributed by atoms with E-state index in [1.54, 1.807) is 24.5 Å². The molecule has 1 heterocycles. The molecule has 0 spiro atoms. The molecule has 1 unspecified atom stereocenters. The van der Waals surface area contributed by atoms with Gasteiger partial charge in [0.1, 0.15) is 0 Å².